The van der Waals surface area contributed by atoms with Gasteiger partial charge in [-0.3, -0.25) is 10.2 Å². The van der Waals surface area contributed by atoms with Crippen LogP contribution in [0, 0.1) is 5.82 Å². The highest BCUT2D eigenvalue weighted by atomic mass is 19.1. The number of carboxylic acid groups (broad SMARTS) is 1. The van der Waals surface area contributed by atoms with Crippen molar-refractivity contribution in [1.82, 2.24) is 15.6 Å². The summed E-state index contributed by atoms with van der Waals surface area (Å²) >= 11 is 0. The maximum absolute atomic E-state index is 14.5. The smallest absolute Gasteiger partial charge is 0.321 e. The molecule has 2 aromatic rings. The number of likely N-dealkylation sites (N-methyl/N-ethyl adjacent to an activating group) is 1. The lowest BCUT2D eigenvalue weighted by atomic mass is 9.84. The molecule has 2 aliphatic carbocycles. The zero-order valence-corrected chi connectivity index (χ0v) is 21.0. The third kappa shape index (κ3) is 4.52. The van der Waals surface area contributed by atoms with E-state index in [9.17, 15) is 19.4 Å². The topological polar surface area (TPSA) is 97.2 Å². The van der Waals surface area contributed by atoms with Gasteiger partial charge in [0.15, 0.2) is 0 Å². The first-order valence-corrected chi connectivity index (χ1v) is 12.8. The maximum atomic E-state index is 14.5. The van der Waals surface area contributed by atoms with E-state index in [0.29, 0.717) is 19.4 Å². The van der Waals surface area contributed by atoms with Gasteiger partial charge < -0.3 is 20.4 Å². The lowest BCUT2D eigenvalue weighted by Gasteiger charge is -2.32. The van der Waals surface area contributed by atoms with Crippen LogP contribution in [-0.2, 0) is 11.2 Å². The van der Waals surface area contributed by atoms with Crippen molar-refractivity contribution in [3.63, 3.8) is 0 Å². The summed E-state index contributed by atoms with van der Waals surface area (Å²) in [7, 11) is 2.02. The Kier molecular flexibility index (Phi) is 6.12. The molecule has 4 aliphatic rings. The van der Waals surface area contributed by atoms with E-state index in [4.69, 9.17) is 0 Å². The molecule has 0 spiro atoms. The number of fused-ring (bicyclic) bond motifs is 2. The Morgan fingerprint density at radius 3 is 2.82 bits per heavy atom. The van der Waals surface area contributed by atoms with Gasteiger partial charge in [-0.15, -0.1) is 0 Å². The van der Waals surface area contributed by atoms with Gasteiger partial charge in [0.1, 0.15) is 17.6 Å². The number of nitrogens with zero attached hydrogens (tertiary/aromatic N) is 2. The lowest BCUT2D eigenvalue weighted by molar-refractivity contribution is -0.139. The van der Waals surface area contributed by atoms with Crippen molar-refractivity contribution >= 4 is 23.3 Å². The largest absolute Gasteiger partial charge is 0.508 e. The minimum absolute atomic E-state index is 0.0405. The fraction of sp³-hybridized carbons (Fsp3) is 0.267. The molecule has 4 N–H and O–H groups in total. The number of halogens is 1. The highest BCUT2D eigenvalue weighted by Gasteiger charge is 2.31. The van der Waals surface area contributed by atoms with Gasteiger partial charge in [0.2, 0.25) is 0 Å². The summed E-state index contributed by atoms with van der Waals surface area (Å²) in [5, 5.41) is 27.3. The lowest BCUT2D eigenvalue weighted by Crippen LogP contribution is -2.45. The molecule has 2 heterocycles. The van der Waals surface area contributed by atoms with Gasteiger partial charge in [0.25, 0.3) is 0 Å². The minimum Gasteiger partial charge on any atom is -0.508 e. The number of hydrogen-bond acceptors (Lipinski definition) is 6. The Morgan fingerprint density at radius 2 is 2.08 bits per heavy atom. The van der Waals surface area contributed by atoms with E-state index in [1.807, 2.05) is 25.4 Å². The number of allylic oxidation sites excluding steroid dienone is 2. The summed E-state index contributed by atoms with van der Waals surface area (Å²) in [5.74, 6) is -1.00. The van der Waals surface area contributed by atoms with Gasteiger partial charge in [-0.1, -0.05) is 24.3 Å². The SMILES string of the molecule is CN1C=C2C(=C(C3=CCC(N[C@@H](Cc4ccc(O)cc4)C(=O)O)CC3)C1)NN=C1C=Cc3cc(F)cc2c31. The predicted octanol–water partition coefficient (Wildman–Crippen LogP) is 4.17. The molecule has 7 nitrogen and oxygen atoms in total. The van der Waals surface area contributed by atoms with E-state index in [1.165, 1.54) is 5.57 Å². The second kappa shape index (κ2) is 9.61. The third-order valence-electron chi connectivity index (χ3n) is 7.63. The van der Waals surface area contributed by atoms with Crippen LogP contribution in [0.3, 0.4) is 0 Å². The van der Waals surface area contributed by atoms with Gasteiger partial charge in [-0.05, 0) is 83.9 Å². The van der Waals surface area contributed by atoms with Gasteiger partial charge in [-0.2, -0.15) is 5.10 Å². The molecule has 2 aromatic carbocycles. The number of hydrogen-bond donors (Lipinski definition) is 4. The molecule has 0 amide bonds. The van der Waals surface area contributed by atoms with Crippen LogP contribution < -0.4 is 10.7 Å². The molecule has 2 aliphatic heterocycles. The predicted molar refractivity (Wildman–Crippen MR) is 145 cm³/mol. The fourth-order valence-corrected chi connectivity index (χ4v) is 5.76. The van der Waals surface area contributed by atoms with Crippen molar-refractivity contribution in [3.8, 4) is 5.75 Å². The maximum Gasteiger partial charge on any atom is 0.321 e. The van der Waals surface area contributed by atoms with Crippen LogP contribution >= 0.6 is 0 Å². The van der Waals surface area contributed by atoms with Gasteiger partial charge in [-0.25, -0.2) is 4.39 Å². The molecule has 8 heteroatoms. The molecule has 6 rings (SSSR count). The average Bonchev–Trinajstić information content (AvgIpc) is 3.23. The van der Waals surface area contributed by atoms with Crippen molar-refractivity contribution < 1.29 is 19.4 Å². The molecular weight excluding hydrogens is 483 g/mol. The Bertz CT molecular complexity index is 1470. The quantitative estimate of drug-likeness (QED) is 0.464. The summed E-state index contributed by atoms with van der Waals surface area (Å²) < 4.78 is 14.5. The first kappa shape index (κ1) is 24.2. The van der Waals surface area contributed by atoms with Crippen molar-refractivity contribution in [1.29, 1.82) is 0 Å². The molecular formula is C30H29FN4O3. The second-order valence-electron chi connectivity index (χ2n) is 10.3. The number of benzene rings is 2. The summed E-state index contributed by atoms with van der Waals surface area (Å²) in [6.07, 6.45) is 10.7. The van der Waals surface area contributed by atoms with E-state index in [2.05, 4.69) is 26.8 Å². The van der Waals surface area contributed by atoms with Crippen LogP contribution in [-0.4, -0.2) is 52.5 Å². The van der Waals surface area contributed by atoms with Crippen LogP contribution in [0.2, 0.25) is 0 Å². The average molecular weight is 513 g/mol. The first-order chi connectivity index (χ1) is 18.4. The number of aromatic hydroxyl groups is 1. The number of rotatable bonds is 6. The van der Waals surface area contributed by atoms with E-state index in [0.717, 1.165) is 57.7 Å². The van der Waals surface area contributed by atoms with Crippen molar-refractivity contribution in [2.45, 2.75) is 37.8 Å². The molecule has 0 saturated carbocycles. The molecule has 0 aromatic heterocycles. The molecule has 2 atom stereocenters. The Labute approximate surface area is 220 Å². The number of nitrogens with one attached hydrogen (secondary N) is 2. The normalized spacial score (nSPS) is 20.5. The van der Waals surface area contributed by atoms with Crippen LogP contribution in [0.4, 0.5) is 4.39 Å². The molecule has 38 heavy (non-hydrogen) atoms. The third-order valence-corrected chi connectivity index (χ3v) is 7.63. The minimum atomic E-state index is -0.890. The highest BCUT2D eigenvalue weighted by Crippen LogP contribution is 2.40. The molecule has 0 bridgehead atoms. The number of hydrazone groups is 1. The van der Waals surface area contributed by atoms with E-state index < -0.39 is 12.0 Å². The molecule has 1 unspecified atom stereocenters. The molecule has 0 fully saturated rings. The number of carboxylic acids is 1. The Hall–Kier alpha value is -4.17. The van der Waals surface area contributed by atoms with Crippen molar-refractivity contribution in [2.24, 2.45) is 5.10 Å². The summed E-state index contributed by atoms with van der Waals surface area (Å²) in [6, 6.07) is 9.11. The van der Waals surface area contributed by atoms with E-state index in [1.54, 1.807) is 36.4 Å². The number of carbonyl (C=O) groups is 1. The standard InChI is InChI=1S/C30H29FN4O3/c1-35-15-24(29-25(16-35)23-14-20(31)13-19-6-11-26(28(19)23)33-34-29)18-4-7-21(8-5-18)32-27(30(37)38)12-17-2-9-22(36)10-3-17/h2-4,6,9-11,13-14,16,21,27,32,34,36H,5,7-8,12,15H2,1H3,(H,37,38)/t21?,27-/m0/s1. The monoisotopic (exact) mass is 512 g/mol. The van der Waals surface area contributed by atoms with Crippen molar-refractivity contribution in [3.05, 3.63) is 99.7 Å². The zero-order chi connectivity index (χ0) is 26.4. The number of phenols is 1. The summed E-state index contributed by atoms with van der Waals surface area (Å²) in [5.41, 5.74) is 11.7. The van der Waals surface area contributed by atoms with E-state index >= 15 is 0 Å². The van der Waals surface area contributed by atoms with Crippen LogP contribution in [0.15, 0.2) is 76.7 Å². The Morgan fingerprint density at radius 1 is 1.26 bits per heavy atom. The van der Waals surface area contributed by atoms with Gasteiger partial charge in [0.05, 0.1) is 11.4 Å². The number of aliphatic carboxylic acids is 1. The summed E-state index contributed by atoms with van der Waals surface area (Å²) in [6.45, 7) is 0.701. The molecule has 0 saturated heterocycles. The van der Waals surface area contributed by atoms with Crippen molar-refractivity contribution in [2.75, 3.05) is 13.6 Å². The fourth-order valence-electron chi connectivity index (χ4n) is 5.76. The zero-order valence-electron chi connectivity index (χ0n) is 21.0. The van der Waals surface area contributed by atoms with Crippen LogP contribution in [0.1, 0.15) is 41.5 Å². The molecule has 194 valence electrons. The second-order valence-corrected chi connectivity index (χ2v) is 10.3. The van der Waals surface area contributed by atoms with Crippen LogP contribution in [0.25, 0.3) is 11.6 Å². The summed E-state index contributed by atoms with van der Waals surface area (Å²) in [4.78, 5) is 14.1. The first-order valence-electron chi connectivity index (χ1n) is 12.8. The number of phenolic OH excluding ortho intramolecular Hbond substituents is 1. The van der Waals surface area contributed by atoms with Gasteiger partial charge >= 0.3 is 5.97 Å². The van der Waals surface area contributed by atoms with Crippen LogP contribution in [0.5, 0.6) is 5.75 Å². The highest BCUT2D eigenvalue weighted by molar-refractivity contribution is 6.20. The van der Waals surface area contributed by atoms with E-state index in [-0.39, 0.29) is 17.6 Å². The van der Waals surface area contributed by atoms with Gasteiger partial charge in [0, 0.05) is 37.0 Å². The Balaban J connectivity index is 1.25. The molecule has 0 radical (unpaired) electrons.